The fourth-order valence-corrected chi connectivity index (χ4v) is 2.26. The second-order valence-corrected chi connectivity index (χ2v) is 4.88. The van der Waals surface area contributed by atoms with Crippen molar-refractivity contribution in [2.24, 2.45) is 5.73 Å². The lowest BCUT2D eigenvalue weighted by molar-refractivity contribution is -0.137. The molecule has 0 saturated carbocycles. The van der Waals surface area contributed by atoms with Gasteiger partial charge in [-0.3, -0.25) is 0 Å². The third-order valence-corrected chi connectivity index (χ3v) is 3.14. The zero-order chi connectivity index (χ0) is 16.5. The summed E-state index contributed by atoms with van der Waals surface area (Å²) in [5.41, 5.74) is 9.91. The van der Waals surface area contributed by atoms with Gasteiger partial charge in [0, 0.05) is 10.6 Å². The average Bonchev–Trinajstić information content (AvgIpc) is 2.41. The van der Waals surface area contributed by atoms with Crippen molar-refractivity contribution in [3.05, 3.63) is 47.0 Å². The molecule has 0 aliphatic rings. The predicted molar refractivity (Wildman–Crippen MR) is 79.5 cm³/mol. The lowest BCUT2D eigenvalue weighted by Crippen LogP contribution is -2.20. The molecule has 0 aliphatic heterocycles. The van der Waals surface area contributed by atoms with Crippen molar-refractivity contribution in [3.8, 4) is 11.1 Å². The lowest BCUT2D eigenvalue weighted by Gasteiger charge is -2.17. The molecule has 2 amide bonds. The molecule has 0 unspecified atom stereocenters. The Morgan fingerprint density at radius 3 is 2.36 bits per heavy atom. The van der Waals surface area contributed by atoms with Crippen molar-refractivity contribution in [1.82, 2.24) is 0 Å². The van der Waals surface area contributed by atoms with E-state index >= 15 is 0 Å². The molecule has 8 heteroatoms. The number of benzene rings is 2. The molecule has 0 spiro atoms. The van der Waals surface area contributed by atoms with E-state index in [9.17, 15) is 18.0 Å². The van der Waals surface area contributed by atoms with Crippen molar-refractivity contribution >= 4 is 29.0 Å². The molecule has 0 aromatic heterocycles. The highest BCUT2D eigenvalue weighted by molar-refractivity contribution is 6.31. The van der Waals surface area contributed by atoms with Crippen LogP contribution in [0.2, 0.25) is 5.02 Å². The summed E-state index contributed by atoms with van der Waals surface area (Å²) in [6.07, 6.45) is -4.55. The number of rotatable bonds is 2. The standard InChI is InChI=1S/C14H11ClF3N3O/c15-7-5-9(12(19)11(6-7)21-13(20)22)8-3-1-2-4-10(8)14(16,17)18/h1-6H,19H2,(H3,20,21,22). The fourth-order valence-electron chi connectivity index (χ4n) is 2.04. The van der Waals surface area contributed by atoms with Crippen molar-refractivity contribution in [2.75, 3.05) is 11.1 Å². The van der Waals surface area contributed by atoms with Crippen LogP contribution in [0.4, 0.5) is 29.3 Å². The summed E-state index contributed by atoms with van der Waals surface area (Å²) in [4.78, 5) is 10.9. The van der Waals surface area contributed by atoms with E-state index in [1.165, 1.54) is 30.3 Å². The van der Waals surface area contributed by atoms with E-state index in [0.29, 0.717) is 0 Å². The monoisotopic (exact) mass is 329 g/mol. The van der Waals surface area contributed by atoms with Crippen molar-refractivity contribution in [3.63, 3.8) is 0 Å². The molecule has 22 heavy (non-hydrogen) atoms. The molecule has 2 aromatic rings. The van der Waals surface area contributed by atoms with Gasteiger partial charge in [0.1, 0.15) is 0 Å². The Bertz CT molecular complexity index is 732. The molecule has 0 heterocycles. The fraction of sp³-hybridized carbons (Fsp3) is 0.0714. The van der Waals surface area contributed by atoms with Gasteiger partial charge in [-0.2, -0.15) is 13.2 Å². The van der Waals surface area contributed by atoms with Gasteiger partial charge >= 0.3 is 12.2 Å². The smallest absolute Gasteiger partial charge is 0.397 e. The van der Waals surface area contributed by atoms with E-state index in [1.807, 2.05) is 0 Å². The minimum Gasteiger partial charge on any atom is -0.397 e. The van der Waals surface area contributed by atoms with Gasteiger partial charge in [0.25, 0.3) is 0 Å². The van der Waals surface area contributed by atoms with E-state index in [0.717, 1.165) is 6.07 Å². The van der Waals surface area contributed by atoms with Gasteiger partial charge in [-0.25, -0.2) is 4.79 Å². The molecule has 0 bridgehead atoms. The summed E-state index contributed by atoms with van der Waals surface area (Å²) in [5.74, 6) is 0. The number of halogens is 4. The molecule has 116 valence electrons. The number of carbonyl (C=O) groups is 1. The maximum atomic E-state index is 13.1. The highest BCUT2D eigenvalue weighted by Gasteiger charge is 2.33. The zero-order valence-corrected chi connectivity index (χ0v) is 11.8. The van der Waals surface area contributed by atoms with Gasteiger partial charge in [-0.05, 0) is 23.8 Å². The van der Waals surface area contributed by atoms with Crippen LogP contribution in [0.25, 0.3) is 11.1 Å². The first kappa shape index (κ1) is 16.0. The minimum absolute atomic E-state index is 0.0481. The average molecular weight is 330 g/mol. The molecule has 0 radical (unpaired) electrons. The number of nitrogen functional groups attached to an aromatic ring is 1. The Kier molecular flexibility index (Phi) is 4.18. The number of nitrogens with one attached hydrogen (secondary N) is 1. The summed E-state index contributed by atoms with van der Waals surface area (Å²) in [6, 6.07) is 6.65. The first-order valence-electron chi connectivity index (χ1n) is 6.02. The number of hydrogen-bond acceptors (Lipinski definition) is 2. The van der Waals surface area contributed by atoms with Crippen molar-refractivity contribution < 1.29 is 18.0 Å². The summed E-state index contributed by atoms with van der Waals surface area (Å²) in [5, 5.41) is 2.35. The Labute approximate surface area is 128 Å². The van der Waals surface area contributed by atoms with Crippen LogP contribution < -0.4 is 16.8 Å². The van der Waals surface area contributed by atoms with E-state index in [2.05, 4.69) is 5.32 Å². The quantitative estimate of drug-likeness (QED) is 0.725. The second kappa shape index (κ2) is 5.76. The van der Waals surface area contributed by atoms with E-state index in [1.54, 1.807) is 0 Å². The van der Waals surface area contributed by atoms with Gasteiger partial charge in [0.05, 0.1) is 16.9 Å². The predicted octanol–water partition coefficient (Wildman–Crippen LogP) is 4.10. The van der Waals surface area contributed by atoms with E-state index in [-0.39, 0.29) is 27.5 Å². The van der Waals surface area contributed by atoms with Crippen LogP contribution in [0.3, 0.4) is 0 Å². The molecule has 0 saturated heterocycles. The van der Waals surface area contributed by atoms with Crippen LogP contribution in [0, 0.1) is 0 Å². The normalized spacial score (nSPS) is 11.3. The molecule has 5 N–H and O–H groups in total. The van der Waals surface area contributed by atoms with Crippen LogP contribution >= 0.6 is 11.6 Å². The molecule has 2 aromatic carbocycles. The number of amides is 2. The zero-order valence-electron chi connectivity index (χ0n) is 11.0. The maximum absolute atomic E-state index is 13.1. The number of anilines is 2. The van der Waals surface area contributed by atoms with Gasteiger partial charge < -0.3 is 16.8 Å². The molecule has 0 atom stereocenters. The largest absolute Gasteiger partial charge is 0.417 e. The highest BCUT2D eigenvalue weighted by atomic mass is 35.5. The summed E-state index contributed by atoms with van der Waals surface area (Å²) in [7, 11) is 0. The molecule has 4 nitrogen and oxygen atoms in total. The van der Waals surface area contributed by atoms with Crippen LogP contribution in [-0.4, -0.2) is 6.03 Å². The third-order valence-electron chi connectivity index (χ3n) is 2.93. The van der Waals surface area contributed by atoms with Gasteiger partial charge in [-0.15, -0.1) is 0 Å². The summed E-state index contributed by atoms with van der Waals surface area (Å²) >= 11 is 5.89. The van der Waals surface area contributed by atoms with Crippen LogP contribution in [0.15, 0.2) is 36.4 Å². The number of primary amides is 1. The Morgan fingerprint density at radius 2 is 1.77 bits per heavy atom. The SMILES string of the molecule is NC(=O)Nc1cc(Cl)cc(-c2ccccc2C(F)(F)F)c1N. The Morgan fingerprint density at radius 1 is 1.14 bits per heavy atom. The Balaban J connectivity index is 2.69. The third kappa shape index (κ3) is 3.25. The van der Waals surface area contributed by atoms with Gasteiger partial charge in [0.15, 0.2) is 0 Å². The molecule has 0 aliphatic carbocycles. The topological polar surface area (TPSA) is 81.1 Å². The summed E-state index contributed by atoms with van der Waals surface area (Å²) in [6.45, 7) is 0. The maximum Gasteiger partial charge on any atom is 0.417 e. The molecular weight excluding hydrogens is 319 g/mol. The van der Waals surface area contributed by atoms with Crippen molar-refractivity contribution in [2.45, 2.75) is 6.18 Å². The lowest BCUT2D eigenvalue weighted by atomic mass is 9.97. The number of nitrogens with two attached hydrogens (primary N) is 2. The van der Waals surface area contributed by atoms with E-state index in [4.69, 9.17) is 23.1 Å². The number of urea groups is 1. The number of carbonyl (C=O) groups excluding carboxylic acids is 1. The first-order chi connectivity index (χ1) is 10.2. The number of alkyl halides is 3. The highest BCUT2D eigenvalue weighted by Crippen LogP contribution is 2.41. The first-order valence-corrected chi connectivity index (χ1v) is 6.40. The van der Waals surface area contributed by atoms with Crippen LogP contribution in [-0.2, 0) is 6.18 Å². The second-order valence-electron chi connectivity index (χ2n) is 4.45. The van der Waals surface area contributed by atoms with Crippen molar-refractivity contribution in [1.29, 1.82) is 0 Å². The molecule has 2 rings (SSSR count). The van der Waals surface area contributed by atoms with E-state index < -0.39 is 17.8 Å². The summed E-state index contributed by atoms with van der Waals surface area (Å²) < 4.78 is 39.3. The minimum atomic E-state index is -4.55. The van der Waals surface area contributed by atoms with Gasteiger partial charge in [0.2, 0.25) is 0 Å². The molecular formula is C14H11ClF3N3O. The van der Waals surface area contributed by atoms with Crippen LogP contribution in [0.1, 0.15) is 5.56 Å². The number of hydrogen-bond donors (Lipinski definition) is 3. The Hall–Kier alpha value is -2.41. The molecule has 0 fully saturated rings. The van der Waals surface area contributed by atoms with Gasteiger partial charge in [-0.1, -0.05) is 29.8 Å². The van der Waals surface area contributed by atoms with Crippen LogP contribution in [0.5, 0.6) is 0 Å².